The summed E-state index contributed by atoms with van der Waals surface area (Å²) in [5.74, 6) is -0.338. The molecular formula is C12H18N2O2S2. The van der Waals surface area contributed by atoms with E-state index >= 15 is 0 Å². The average molecular weight is 286 g/mol. The zero-order chi connectivity index (χ0) is 13.0. The lowest BCUT2D eigenvalue weighted by Gasteiger charge is -2.18. The van der Waals surface area contributed by atoms with Crippen molar-refractivity contribution in [3.05, 3.63) is 11.1 Å². The third-order valence-electron chi connectivity index (χ3n) is 3.05. The van der Waals surface area contributed by atoms with E-state index in [1.807, 2.05) is 11.8 Å². The van der Waals surface area contributed by atoms with E-state index < -0.39 is 0 Å². The van der Waals surface area contributed by atoms with E-state index in [2.05, 4.69) is 16.6 Å². The largest absolute Gasteiger partial charge is 0.461 e. The first kappa shape index (κ1) is 13.7. The van der Waals surface area contributed by atoms with Gasteiger partial charge in [-0.1, -0.05) is 6.42 Å². The lowest BCUT2D eigenvalue weighted by molar-refractivity contribution is 0.0520. The number of hydrogen-bond acceptors (Lipinski definition) is 6. The molecule has 2 atom stereocenters. The van der Waals surface area contributed by atoms with Gasteiger partial charge in [-0.05, 0) is 26.0 Å². The summed E-state index contributed by atoms with van der Waals surface area (Å²) in [5, 5.41) is 6.67. The number of thiazole rings is 1. The van der Waals surface area contributed by atoms with Gasteiger partial charge in [0.25, 0.3) is 0 Å². The lowest BCUT2D eigenvalue weighted by Crippen LogP contribution is -2.25. The van der Waals surface area contributed by atoms with Crippen molar-refractivity contribution in [1.82, 2.24) is 4.98 Å². The number of thioether (sulfide) groups is 1. The van der Waals surface area contributed by atoms with Crippen molar-refractivity contribution in [2.24, 2.45) is 0 Å². The summed E-state index contributed by atoms with van der Waals surface area (Å²) in [5.41, 5.74) is 0.406. The summed E-state index contributed by atoms with van der Waals surface area (Å²) in [6.07, 6.45) is 5.85. The van der Waals surface area contributed by atoms with E-state index in [1.165, 1.54) is 30.6 Å². The Kier molecular flexibility index (Phi) is 4.88. The van der Waals surface area contributed by atoms with E-state index in [9.17, 15) is 4.79 Å². The van der Waals surface area contributed by atoms with Gasteiger partial charge in [0.2, 0.25) is 0 Å². The molecule has 4 nitrogen and oxygen atoms in total. The molecule has 0 aromatic carbocycles. The van der Waals surface area contributed by atoms with Crippen molar-refractivity contribution in [1.29, 1.82) is 0 Å². The van der Waals surface area contributed by atoms with Crippen LogP contribution in [0.15, 0.2) is 5.38 Å². The van der Waals surface area contributed by atoms with Gasteiger partial charge in [-0.25, -0.2) is 9.78 Å². The smallest absolute Gasteiger partial charge is 0.357 e. The predicted molar refractivity (Wildman–Crippen MR) is 76.6 cm³/mol. The molecule has 0 radical (unpaired) electrons. The summed E-state index contributed by atoms with van der Waals surface area (Å²) in [6, 6.07) is 0.473. The highest BCUT2D eigenvalue weighted by Crippen LogP contribution is 2.31. The summed E-state index contributed by atoms with van der Waals surface area (Å²) < 4.78 is 4.93. The molecule has 1 N–H and O–H groups in total. The maximum absolute atomic E-state index is 11.5. The van der Waals surface area contributed by atoms with E-state index in [4.69, 9.17) is 4.74 Å². The second-order valence-corrected chi connectivity index (χ2v) is 6.15. The number of nitrogens with zero attached hydrogens (tertiary/aromatic N) is 1. The van der Waals surface area contributed by atoms with Crippen LogP contribution in [0.1, 0.15) is 36.7 Å². The van der Waals surface area contributed by atoms with Crippen LogP contribution >= 0.6 is 23.1 Å². The van der Waals surface area contributed by atoms with E-state index in [0.29, 0.717) is 23.6 Å². The molecular weight excluding hydrogens is 268 g/mol. The van der Waals surface area contributed by atoms with Gasteiger partial charge in [0.15, 0.2) is 10.8 Å². The van der Waals surface area contributed by atoms with Crippen LogP contribution < -0.4 is 5.32 Å². The van der Waals surface area contributed by atoms with Crippen molar-refractivity contribution in [3.63, 3.8) is 0 Å². The highest BCUT2D eigenvalue weighted by Gasteiger charge is 2.27. The van der Waals surface area contributed by atoms with Gasteiger partial charge >= 0.3 is 5.97 Å². The Hall–Kier alpha value is -0.750. The van der Waals surface area contributed by atoms with Crippen LogP contribution in [0.5, 0.6) is 0 Å². The topological polar surface area (TPSA) is 51.2 Å². The summed E-state index contributed by atoms with van der Waals surface area (Å²) in [4.78, 5) is 15.8. The molecule has 1 aromatic rings. The second kappa shape index (κ2) is 6.43. The van der Waals surface area contributed by atoms with Crippen molar-refractivity contribution >= 4 is 34.2 Å². The van der Waals surface area contributed by atoms with Crippen LogP contribution in [0, 0.1) is 0 Å². The number of esters is 1. The molecule has 0 aliphatic heterocycles. The van der Waals surface area contributed by atoms with Crippen LogP contribution in [-0.4, -0.2) is 35.1 Å². The molecule has 1 aliphatic carbocycles. The van der Waals surface area contributed by atoms with Crippen LogP contribution in [0.3, 0.4) is 0 Å². The Bertz CT molecular complexity index is 409. The first-order chi connectivity index (χ1) is 8.74. The minimum atomic E-state index is -0.338. The number of carbonyl (C=O) groups excluding carboxylic acids is 1. The molecule has 1 saturated carbocycles. The van der Waals surface area contributed by atoms with Crippen molar-refractivity contribution < 1.29 is 9.53 Å². The van der Waals surface area contributed by atoms with Crippen molar-refractivity contribution in [2.45, 2.75) is 37.5 Å². The van der Waals surface area contributed by atoms with Crippen LogP contribution in [0.2, 0.25) is 0 Å². The molecule has 1 aromatic heterocycles. The fraction of sp³-hybridized carbons (Fsp3) is 0.667. The van der Waals surface area contributed by atoms with Crippen LogP contribution in [-0.2, 0) is 4.74 Å². The maximum atomic E-state index is 11.5. The number of rotatable bonds is 5. The van der Waals surface area contributed by atoms with Gasteiger partial charge in [-0.15, -0.1) is 11.3 Å². The molecule has 0 bridgehead atoms. The van der Waals surface area contributed by atoms with E-state index in [0.717, 1.165) is 5.13 Å². The maximum Gasteiger partial charge on any atom is 0.357 e. The quantitative estimate of drug-likeness (QED) is 0.843. The minimum absolute atomic E-state index is 0.338. The van der Waals surface area contributed by atoms with Gasteiger partial charge in [0.1, 0.15) is 0 Å². The Morgan fingerprint density at radius 2 is 2.50 bits per heavy atom. The number of anilines is 1. The van der Waals surface area contributed by atoms with Crippen LogP contribution in [0.25, 0.3) is 0 Å². The molecule has 0 spiro atoms. The van der Waals surface area contributed by atoms with Gasteiger partial charge in [0, 0.05) is 16.7 Å². The number of hydrogen-bond donors (Lipinski definition) is 1. The average Bonchev–Trinajstić information content (AvgIpc) is 2.99. The molecule has 2 rings (SSSR count). The molecule has 0 saturated heterocycles. The fourth-order valence-electron chi connectivity index (χ4n) is 2.17. The zero-order valence-electron chi connectivity index (χ0n) is 10.6. The second-order valence-electron chi connectivity index (χ2n) is 4.21. The molecule has 1 heterocycles. The van der Waals surface area contributed by atoms with Gasteiger partial charge in [-0.3, -0.25) is 0 Å². The number of aromatic nitrogens is 1. The molecule has 1 aliphatic rings. The Labute approximate surface area is 116 Å². The summed E-state index contributed by atoms with van der Waals surface area (Å²) in [6.45, 7) is 2.18. The third kappa shape index (κ3) is 3.17. The highest BCUT2D eigenvalue weighted by molar-refractivity contribution is 7.99. The molecule has 6 heteroatoms. The summed E-state index contributed by atoms with van der Waals surface area (Å²) in [7, 11) is 0. The first-order valence-electron chi connectivity index (χ1n) is 6.16. The minimum Gasteiger partial charge on any atom is -0.461 e. The van der Waals surface area contributed by atoms with E-state index in [-0.39, 0.29) is 5.97 Å². The fourth-order valence-corrected chi connectivity index (χ4v) is 3.85. The molecule has 18 heavy (non-hydrogen) atoms. The normalized spacial score (nSPS) is 23.0. The monoisotopic (exact) mass is 286 g/mol. The molecule has 0 amide bonds. The number of carbonyl (C=O) groups is 1. The van der Waals surface area contributed by atoms with Gasteiger partial charge in [0.05, 0.1) is 6.61 Å². The number of nitrogens with one attached hydrogen (secondary N) is 1. The molecule has 1 fully saturated rings. The zero-order valence-corrected chi connectivity index (χ0v) is 12.3. The Balaban J connectivity index is 1.96. The predicted octanol–water partition coefficient (Wildman–Crippen LogP) is 3.02. The standard InChI is InChI=1S/C12H18N2O2S2/c1-3-16-11(15)9-7-18-12(14-9)13-8-5-4-6-10(8)17-2/h7-8,10H,3-6H2,1-2H3,(H,13,14). The number of ether oxygens (including phenoxy) is 1. The third-order valence-corrected chi connectivity index (χ3v) is 5.00. The van der Waals surface area contributed by atoms with Crippen LogP contribution in [0.4, 0.5) is 5.13 Å². The summed E-state index contributed by atoms with van der Waals surface area (Å²) >= 11 is 3.37. The van der Waals surface area contributed by atoms with E-state index in [1.54, 1.807) is 12.3 Å². The van der Waals surface area contributed by atoms with Gasteiger partial charge in [-0.2, -0.15) is 11.8 Å². The molecule has 2 unspecified atom stereocenters. The van der Waals surface area contributed by atoms with Crippen molar-refractivity contribution in [3.8, 4) is 0 Å². The lowest BCUT2D eigenvalue weighted by atomic mass is 10.2. The SMILES string of the molecule is CCOC(=O)c1csc(NC2CCCC2SC)n1. The Morgan fingerprint density at radius 3 is 3.22 bits per heavy atom. The molecule has 100 valence electrons. The highest BCUT2D eigenvalue weighted by atomic mass is 32.2. The Morgan fingerprint density at radius 1 is 1.67 bits per heavy atom. The first-order valence-corrected chi connectivity index (χ1v) is 8.33. The van der Waals surface area contributed by atoms with Gasteiger partial charge < -0.3 is 10.1 Å². The van der Waals surface area contributed by atoms with Crippen molar-refractivity contribution in [2.75, 3.05) is 18.2 Å².